The molecule has 0 spiro atoms. The third-order valence-electron chi connectivity index (χ3n) is 2.50. The summed E-state index contributed by atoms with van der Waals surface area (Å²) in [5.41, 5.74) is 0.310. The van der Waals surface area contributed by atoms with Gasteiger partial charge in [0.05, 0.1) is 23.9 Å². The number of phenols is 1. The lowest BCUT2D eigenvalue weighted by Gasteiger charge is -2.26. The Morgan fingerprint density at radius 1 is 1.33 bits per heavy atom. The highest BCUT2D eigenvalue weighted by Gasteiger charge is 2.24. The summed E-state index contributed by atoms with van der Waals surface area (Å²) in [5.74, 6) is -0.0917. The summed E-state index contributed by atoms with van der Waals surface area (Å²) in [6.45, 7) is 1.41. The van der Waals surface area contributed by atoms with Crippen molar-refractivity contribution in [1.82, 2.24) is 4.31 Å². The second-order valence-corrected chi connectivity index (χ2v) is 5.86. The van der Waals surface area contributed by atoms with Crippen molar-refractivity contribution in [3.8, 4) is 5.75 Å². The van der Waals surface area contributed by atoms with E-state index in [1.54, 1.807) is 0 Å². The van der Waals surface area contributed by atoms with Crippen LogP contribution in [0.1, 0.15) is 0 Å². The van der Waals surface area contributed by atoms with Crippen molar-refractivity contribution in [2.45, 2.75) is 0 Å². The number of nitrogens with one attached hydrogen (secondary N) is 1. The predicted molar refractivity (Wildman–Crippen MR) is 68.1 cm³/mol. The van der Waals surface area contributed by atoms with Crippen LogP contribution in [-0.2, 0) is 14.9 Å². The van der Waals surface area contributed by atoms with Crippen LogP contribution in [0, 0.1) is 0 Å². The maximum absolute atomic E-state index is 12.0. The minimum atomic E-state index is -3.60. The second-order valence-electron chi connectivity index (χ2n) is 3.78. The van der Waals surface area contributed by atoms with Gasteiger partial charge in [-0.1, -0.05) is 11.6 Å². The fourth-order valence-corrected chi connectivity index (χ4v) is 2.94. The number of phenolic OH excluding ortho intramolecular Hbond substituents is 1. The highest BCUT2D eigenvalue weighted by Crippen LogP contribution is 2.26. The van der Waals surface area contributed by atoms with E-state index in [0.29, 0.717) is 32.0 Å². The molecule has 0 saturated carbocycles. The summed E-state index contributed by atoms with van der Waals surface area (Å²) >= 11 is 5.71. The number of nitrogens with zero attached hydrogens (tertiary/aromatic N) is 1. The van der Waals surface area contributed by atoms with Crippen LogP contribution in [0.15, 0.2) is 18.2 Å². The van der Waals surface area contributed by atoms with Crippen LogP contribution in [-0.4, -0.2) is 44.1 Å². The lowest BCUT2D eigenvalue weighted by atomic mass is 10.3. The van der Waals surface area contributed by atoms with Crippen molar-refractivity contribution in [2.24, 2.45) is 0 Å². The minimum Gasteiger partial charge on any atom is -0.506 e. The number of aromatic hydroxyl groups is 1. The predicted octanol–water partition coefficient (Wildman–Crippen LogP) is 1.03. The highest BCUT2D eigenvalue weighted by atomic mass is 35.5. The van der Waals surface area contributed by atoms with E-state index in [0.717, 1.165) is 0 Å². The van der Waals surface area contributed by atoms with E-state index >= 15 is 0 Å². The molecule has 0 unspecified atom stereocenters. The molecular formula is C10H13ClN2O4S. The van der Waals surface area contributed by atoms with Gasteiger partial charge in [0, 0.05) is 13.1 Å². The quantitative estimate of drug-likeness (QED) is 0.816. The second kappa shape index (κ2) is 5.31. The van der Waals surface area contributed by atoms with Crippen LogP contribution >= 0.6 is 11.6 Å². The molecule has 1 fully saturated rings. The van der Waals surface area contributed by atoms with Gasteiger partial charge in [-0.25, -0.2) is 0 Å². The Hall–Kier alpha value is -1.02. The average Bonchev–Trinajstić information content (AvgIpc) is 2.35. The Bertz CT molecular complexity index is 529. The first kappa shape index (κ1) is 13.4. The summed E-state index contributed by atoms with van der Waals surface area (Å²) in [7, 11) is -3.60. The van der Waals surface area contributed by atoms with E-state index in [9.17, 15) is 13.5 Å². The number of ether oxygens (including phenoxy) is 1. The molecule has 0 amide bonds. The van der Waals surface area contributed by atoms with E-state index in [4.69, 9.17) is 16.3 Å². The van der Waals surface area contributed by atoms with Crippen molar-refractivity contribution in [3.05, 3.63) is 23.2 Å². The standard InChI is InChI=1S/C10H13ClN2O4S/c11-9-7-8(1-2-10(9)14)12-18(15,16)13-3-5-17-6-4-13/h1-2,7,12,14H,3-6H2. The molecule has 8 heteroatoms. The first-order chi connectivity index (χ1) is 8.49. The maximum Gasteiger partial charge on any atom is 0.301 e. The molecule has 1 aliphatic rings. The average molecular weight is 293 g/mol. The van der Waals surface area contributed by atoms with Crippen molar-refractivity contribution < 1.29 is 18.3 Å². The Labute approximate surface area is 110 Å². The molecule has 100 valence electrons. The zero-order chi connectivity index (χ0) is 13.2. The lowest BCUT2D eigenvalue weighted by molar-refractivity contribution is 0.0733. The van der Waals surface area contributed by atoms with Crippen molar-refractivity contribution in [1.29, 1.82) is 0 Å². The van der Waals surface area contributed by atoms with Crippen molar-refractivity contribution >= 4 is 27.5 Å². The first-order valence-corrected chi connectivity index (χ1v) is 7.15. The summed E-state index contributed by atoms with van der Waals surface area (Å²) in [6, 6.07) is 4.13. The first-order valence-electron chi connectivity index (χ1n) is 5.33. The SMILES string of the molecule is O=S(=O)(Nc1ccc(O)c(Cl)c1)N1CCOCC1. The van der Waals surface area contributed by atoms with E-state index in [-0.39, 0.29) is 10.8 Å². The van der Waals surface area contributed by atoms with Gasteiger partial charge < -0.3 is 9.84 Å². The molecule has 2 rings (SSSR count). The zero-order valence-electron chi connectivity index (χ0n) is 9.47. The molecule has 1 aliphatic heterocycles. The molecule has 0 aromatic heterocycles. The topological polar surface area (TPSA) is 78.9 Å². The molecule has 0 aliphatic carbocycles. The molecule has 18 heavy (non-hydrogen) atoms. The van der Waals surface area contributed by atoms with Crippen molar-refractivity contribution in [3.63, 3.8) is 0 Å². The Balaban J connectivity index is 2.13. The van der Waals surface area contributed by atoms with E-state index in [1.165, 1.54) is 22.5 Å². The smallest absolute Gasteiger partial charge is 0.301 e. The fourth-order valence-electron chi connectivity index (χ4n) is 1.57. The molecule has 2 N–H and O–H groups in total. The van der Waals surface area contributed by atoms with Crippen LogP contribution in [0.5, 0.6) is 5.75 Å². The number of hydrogen-bond acceptors (Lipinski definition) is 4. The van der Waals surface area contributed by atoms with Crippen LogP contribution < -0.4 is 4.72 Å². The van der Waals surface area contributed by atoms with Gasteiger partial charge in [-0.05, 0) is 18.2 Å². The monoisotopic (exact) mass is 292 g/mol. The van der Waals surface area contributed by atoms with Crippen molar-refractivity contribution in [2.75, 3.05) is 31.0 Å². The summed E-state index contributed by atoms with van der Waals surface area (Å²) in [5, 5.41) is 9.35. The molecule has 0 atom stereocenters. The highest BCUT2D eigenvalue weighted by molar-refractivity contribution is 7.90. The van der Waals surface area contributed by atoms with Gasteiger partial charge in [0.25, 0.3) is 0 Å². The van der Waals surface area contributed by atoms with E-state index in [1.807, 2.05) is 0 Å². The van der Waals surface area contributed by atoms with Crippen LogP contribution in [0.4, 0.5) is 5.69 Å². The molecule has 1 aromatic rings. The largest absolute Gasteiger partial charge is 0.506 e. The maximum atomic E-state index is 12.0. The van der Waals surface area contributed by atoms with Gasteiger partial charge in [-0.2, -0.15) is 12.7 Å². The minimum absolute atomic E-state index is 0.0917. The normalized spacial score (nSPS) is 17.6. The zero-order valence-corrected chi connectivity index (χ0v) is 11.0. The van der Waals surface area contributed by atoms with Gasteiger partial charge in [0.2, 0.25) is 0 Å². The van der Waals surface area contributed by atoms with E-state index < -0.39 is 10.2 Å². The summed E-state index contributed by atoms with van der Waals surface area (Å²) in [4.78, 5) is 0. The summed E-state index contributed by atoms with van der Waals surface area (Å²) in [6.07, 6.45) is 0. The number of hydrogen-bond donors (Lipinski definition) is 2. The van der Waals surface area contributed by atoms with Gasteiger partial charge in [0.15, 0.2) is 0 Å². The van der Waals surface area contributed by atoms with Gasteiger partial charge in [-0.3, -0.25) is 4.72 Å². The molecular weight excluding hydrogens is 280 g/mol. The van der Waals surface area contributed by atoms with Crippen LogP contribution in [0.2, 0.25) is 5.02 Å². The number of morpholine rings is 1. The van der Waals surface area contributed by atoms with Gasteiger partial charge in [0.1, 0.15) is 5.75 Å². The van der Waals surface area contributed by atoms with E-state index in [2.05, 4.69) is 4.72 Å². The lowest BCUT2D eigenvalue weighted by Crippen LogP contribution is -2.43. The molecule has 1 heterocycles. The third-order valence-corrected chi connectivity index (χ3v) is 4.35. The molecule has 1 saturated heterocycles. The molecule has 0 bridgehead atoms. The van der Waals surface area contributed by atoms with Crippen LogP contribution in [0.3, 0.4) is 0 Å². The van der Waals surface area contributed by atoms with Gasteiger partial charge in [-0.15, -0.1) is 0 Å². The number of halogens is 1. The molecule has 1 aromatic carbocycles. The number of anilines is 1. The molecule has 6 nitrogen and oxygen atoms in total. The summed E-state index contributed by atoms with van der Waals surface area (Å²) < 4.78 is 32.8. The third kappa shape index (κ3) is 3.05. The van der Waals surface area contributed by atoms with Gasteiger partial charge >= 0.3 is 10.2 Å². The Kier molecular flexibility index (Phi) is 3.96. The van der Waals surface area contributed by atoms with Crippen LogP contribution in [0.25, 0.3) is 0 Å². The number of benzene rings is 1. The number of rotatable bonds is 3. The molecule has 0 radical (unpaired) electrons. The fraction of sp³-hybridized carbons (Fsp3) is 0.400. The Morgan fingerprint density at radius 3 is 2.61 bits per heavy atom. The Morgan fingerprint density at radius 2 is 2.00 bits per heavy atom.